The Labute approximate surface area is 130 Å². The van der Waals surface area contributed by atoms with Crippen LogP contribution in [0.3, 0.4) is 0 Å². The van der Waals surface area contributed by atoms with Crippen LogP contribution >= 0.6 is 0 Å². The molecule has 0 fully saturated rings. The zero-order chi connectivity index (χ0) is 16.5. The van der Waals surface area contributed by atoms with Crippen molar-refractivity contribution in [3.63, 3.8) is 0 Å². The van der Waals surface area contributed by atoms with Gasteiger partial charge in [-0.15, -0.1) is 0 Å². The Morgan fingerprint density at radius 3 is 2.68 bits per heavy atom. The number of rotatable bonds is 3. The molecule has 2 rings (SSSR count). The molecule has 0 aromatic heterocycles. The quantitative estimate of drug-likeness (QED) is 0.899. The minimum absolute atomic E-state index is 0.0800. The van der Waals surface area contributed by atoms with Crippen LogP contribution < -0.4 is 0 Å². The van der Waals surface area contributed by atoms with E-state index < -0.39 is 17.7 Å². The van der Waals surface area contributed by atoms with Gasteiger partial charge in [-0.1, -0.05) is 12.1 Å². The van der Waals surface area contributed by atoms with Crippen LogP contribution in [-0.4, -0.2) is 39.4 Å². The van der Waals surface area contributed by atoms with Crippen molar-refractivity contribution < 1.29 is 15.0 Å². The van der Waals surface area contributed by atoms with Gasteiger partial charge in [-0.25, -0.2) is 4.79 Å². The molecule has 1 amide bonds. The third-order valence-electron chi connectivity index (χ3n) is 4.35. The summed E-state index contributed by atoms with van der Waals surface area (Å²) in [5.41, 5.74) is 2.03. The number of aliphatic hydroxyl groups excluding tert-OH is 1. The summed E-state index contributed by atoms with van der Waals surface area (Å²) in [6.07, 6.45) is 0.466. The molecule has 5 heteroatoms. The molecule has 22 heavy (non-hydrogen) atoms. The number of amides is 1. The summed E-state index contributed by atoms with van der Waals surface area (Å²) in [7, 11) is 0. The van der Waals surface area contributed by atoms with Crippen LogP contribution in [0.1, 0.15) is 49.8 Å². The normalized spacial score (nSPS) is 18.4. The Morgan fingerprint density at radius 1 is 1.50 bits per heavy atom. The average molecular weight is 302 g/mol. The van der Waals surface area contributed by atoms with Gasteiger partial charge in [0.05, 0.1) is 24.3 Å². The molecule has 1 aliphatic rings. The number of fused-ring (bicyclic) bond motifs is 1. The summed E-state index contributed by atoms with van der Waals surface area (Å²) < 4.78 is 0. The van der Waals surface area contributed by atoms with E-state index in [1.54, 1.807) is 6.07 Å². The number of carbonyl (C=O) groups is 1. The first kappa shape index (κ1) is 16.3. The van der Waals surface area contributed by atoms with Crippen LogP contribution in [0.2, 0.25) is 0 Å². The number of carboxylic acid groups (broad SMARTS) is 1. The molecule has 0 saturated carbocycles. The van der Waals surface area contributed by atoms with Gasteiger partial charge in [-0.3, -0.25) is 4.90 Å². The van der Waals surface area contributed by atoms with Gasteiger partial charge in [-0.05, 0) is 50.8 Å². The summed E-state index contributed by atoms with van der Waals surface area (Å²) in [5.74, 6) is -0.0800. The molecule has 0 bridgehead atoms. The maximum absolute atomic E-state index is 11.7. The van der Waals surface area contributed by atoms with Crippen molar-refractivity contribution in [2.45, 2.75) is 51.1 Å². The van der Waals surface area contributed by atoms with E-state index in [2.05, 4.69) is 6.07 Å². The molecule has 0 aliphatic heterocycles. The van der Waals surface area contributed by atoms with E-state index in [0.717, 1.165) is 24.0 Å². The van der Waals surface area contributed by atoms with E-state index >= 15 is 0 Å². The fourth-order valence-corrected chi connectivity index (χ4v) is 3.51. The SMILES string of the molecule is CC(C)(C)N(C(=O)O)C(CO)C1CCc2c(C#N)cccc21. The third kappa shape index (κ3) is 2.79. The van der Waals surface area contributed by atoms with Gasteiger partial charge in [0.1, 0.15) is 0 Å². The molecule has 0 radical (unpaired) electrons. The summed E-state index contributed by atoms with van der Waals surface area (Å²) in [5, 5.41) is 28.6. The van der Waals surface area contributed by atoms with Crippen LogP contribution in [0.5, 0.6) is 0 Å². The molecule has 5 nitrogen and oxygen atoms in total. The molecule has 0 spiro atoms. The van der Waals surface area contributed by atoms with Gasteiger partial charge in [0, 0.05) is 11.5 Å². The summed E-state index contributed by atoms with van der Waals surface area (Å²) in [6, 6.07) is 7.24. The largest absolute Gasteiger partial charge is 0.465 e. The Morgan fingerprint density at radius 2 is 2.18 bits per heavy atom. The predicted octanol–water partition coefficient (Wildman–Crippen LogP) is 2.73. The van der Waals surface area contributed by atoms with E-state index in [0.29, 0.717) is 5.56 Å². The van der Waals surface area contributed by atoms with Gasteiger partial charge in [0.25, 0.3) is 0 Å². The fraction of sp³-hybridized carbons (Fsp3) is 0.529. The van der Waals surface area contributed by atoms with Crippen molar-refractivity contribution in [1.82, 2.24) is 4.90 Å². The van der Waals surface area contributed by atoms with E-state index in [4.69, 9.17) is 0 Å². The van der Waals surface area contributed by atoms with E-state index in [1.165, 1.54) is 4.90 Å². The molecule has 1 aromatic carbocycles. The second-order valence-corrected chi connectivity index (χ2v) is 6.70. The Hall–Kier alpha value is -2.06. The molecule has 118 valence electrons. The molecule has 1 aliphatic carbocycles. The smallest absolute Gasteiger partial charge is 0.408 e. The van der Waals surface area contributed by atoms with Crippen LogP contribution in [0, 0.1) is 11.3 Å². The van der Waals surface area contributed by atoms with E-state index in [9.17, 15) is 20.3 Å². The Bertz CT molecular complexity index is 613. The monoisotopic (exact) mass is 302 g/mol. The van der Waals surface area contributed by atoms with Crippen LogP contribution in [0.4, 0.5) is 4.79 Å². The molecule has 2 unspecified atom stereocenters. The number of benzene rings is 1. The maximum atomic E-state index is 11.7. The highest BCUT2D eigenvalue weighted by molar-refractivity contribution is 5.67. The van der Waals surface area contributed by atoms with Gasteiger partial charge in [0.15, 0.2) is 0 Å². The first-order valence-electron chi connectivity index (χ1n) is 7.46. The van der Waals surface area contributed by atoms with Crippen molar-refractivity contribution >= 4 is 6.09 Å². The molecule has 0 heterocycles. The molecular weight excluding hydrogens is 280 g/mol. The van der Waals surface area contributed by atoms with Crippen molar-refractivity contribution in [3.8, 4) is 6.07 Å². The lowest BCUT2D eigenvalue weighted by atomic mass is 9.89. The molecule has 2 N–H and O–H groups in total. The van der Waals surface area contributed by atoms with Crippen molar-refractivity contribution in [3.05, 3.63) is 34.9 Å². The predicted molar refractivity (Wildman–Crippen MR) is 82.7 cm³/mol. The number of hydrogen-bond donors (Lipinski definition) is 2. The molecule has 2 atom stereocenters. The van der Waals surface area contributed by atoms with Crippen molar-refractivity contribution in [2.24, 2.45) is 0 Å². The van der Waals surface area contributed by atoms with Gasteiger partial charge in [-0.2, -0.15) is 5.26 Å². The lowest BCUT2D eigenvalue weighted by molar-refractivity contribution is 0.0355. The maximum Gasteiger partial charge on any atom is 0.408 e. The molecule has 1 aromatic rings. The van der Waals surface area contributed by atoms with Crippen molar-refractivity contribution in [1.29, 1.82) is 5.26 Å². The van der Waals surface area contributed by atoms with E-state index in [-0.39, 0.29) is 12.5 Å². The average Bonchev–Trinajstić information content (AvgIpc) is 2.86. The van der Waals surface area contributed by atoms with Gasteiger partial charge >= 0.3 is 6.09 Å². The summed E-state index contributed by atoms with van der Waals surface area (Å²) in [4.78, 5) is 13.0. The minimum Gasteiger partial charge on any atom is -0.465 e. The third-order valence-corrected chi connectivity index (χ3v) is 4.35. The first-order chi connectivity index (χ1) is 10.3. The number of nitrogens with zero attached hydrogens (tertiary/aromatic N) is 2. The second kappa shape index (κ2) is 5.98. The molecular formula is C17H22N2O3. The zero-order valence-electron chi connectivity index (χ0n) is 13.2. The number of hydrogen-bond acceptors (Lipinski definition) is 3. The summed E-state index contributed by atoms with van der Waals surface area (Å²) in [6.45, 7) is 5.24. The standard InChI is InChI=1S/C17H22N2O3/c1-17(2,3)19(16(21)22)15(10-20)14-8-7-12-11(9-18)5-4-6-13(12)14/h4-6,14-15,20H,7-8,10H2,1-3H3,(H,21,22). The Balaban J connectivity index is 2.44. The van der Waals surface area contributed by atoms with Crippen LogP contribution in [0.15, 0.2) is 18.2 Å². The lowest BCUT2D eigenvalue weighted by Crippen LogP contribution is -2.54. The lowest BCUT2D eigenvalue weighted by Gasteiger charge is -2.41. The fourth-order valence-electron chi connectivity index (χ4n) is 3.51. The van der Waals surface area contributed by atoms with Crippen LogP contribution in [0.25, 0.3) is 0 Å². The highest BCUT2D eigenvalue weighted by atomic mass is 16.4. The van der Waals surface area contributed by atoms with Crippen molar-refractivity contribution in [2.75, 3.05) is 6.61 Å². The summed E-state index contributed by atoms with van der Waals surface area (Å²) >= 11 is 0. The van der Waals surface area contributed by atoms with Gasteiger partial charge in [0.2, 0.25) is 0 Å². The highest BCUT2D eigenvalue weighted by Crippen LogP contribution is 2.40. The first-order valence-corrected chi connectivity index (χ1v) is 7.46. The second-order valence-electron chi connectivity index (χ2n) is 6.70. The zero-order valence-corrected chi connectivity index (χ0v) is 13.2. The van der Waals surface area contributed by atoms with Crippen LogP contribution in [-0.2, 0) is 6.42 Å². The van der Waals surface area contributed by atoms with Gasteiger partial charge < -0.3 is 10.2 Å². The Kier molecular flexibility index (Phi) is 4.43. The number of nitriles is 1. The topological polar surface area (TPSA) is 84.6 Å². The number of aliphatic hydroxyl groups is 1. The van der Waals surface area contributed by atoms with E-state index in [1.807, 2.05) is 32.9 Å². The molecule has 0 saturated heterocycles. The highest BCUT2D eigenvalue weighted by Gasteiger charge is 2.40. The minimum atomic E-state index is -1.03.